The smallest absolute Gasteiger partial charge is 0.287 e. The summed E-state index contributed by atoms with van der Waals surface area (Å²) in [6, 6.07) is 5.12. The molecule has 0 aromatic heterocycles. The standard InChI is InChI=1S/C13H13F3N4O/c14-13(15,16)12(19-20-12)10-5-3-9(4-6-10)11(21)18-17-7-8-1-2-8/h3-6,8,17H,1-2,7H2,(H,18,21). The van der Waals surface area contributed by atoms with Gasteiger partial charge in [0.05, 0.1) is 0 Å². The molecule has 21 heavy (non-hydrogen) atoms. The summed E-state index contributed by atoms with van der Waals surface area (Å²) >= 11 is 0. The van der Waals surface area contributed by atoms with E-state index in [2.05, 4.69) is 21.1 Å². The Bertz CT molecular complexity index is 572. The summed E-state index contributed by atoms with van der Waals surface area (Å²) in [7, 11) is 0. The molecule has 0 unspecified atom stereocenters. The van der Waals surface area contributed by atoms with E-state index in [0.29, 0.717) is 12.5 Å². The van der Waals surface area contributed by atoms with Gasteiger partial charge in [-0.3, -0.25) is 10.2 Å². The summed E-state index contributed by atoms with van der Waals surface area (Å²) in [5, 5.41) is 6.23. The first kappa shape index (κ1) is 14.0. The fraction of sp³-hybridized carbons (Fsp3) is 0.462. The lowest BCUT2D eigenvalue weighted by atomic mass is 10.0. The van der Waals surface area contributed by atoms with Gasteiger partial charge in [0, 0.05) is 17.7 Å². The summed E-state index contributed by atoms with van der Waals surface area (Å²) in [6.45, 7) is 0.707. The number of benzene rings is 1. The lowest BCUT2D eigenvalue weighted by molar-refractivity contribution is -0.166. The van der Waals surface area contributed by atoms with E-state index >= 15 is 0 Å². The molecule has 2 N–H and O–H groups in total. The molecular formula is C13H13F3N4O. The van der Waals surface area contributed by atoms with Crippen molar-refractivity contribution >= 4 is 5.91 Å². The van der Waals surface area contributed by atoms with Gasteiger partial charge in [0.15, 0.2) is 0 Å². The molecule has 5 nitrogen and oxygen atoms in total. The number of amides is 1. The highest BCUT2D eigenvalue weighted by molar-refractivity contribution is 5.93. The first-order valence-electron chi connectivity index (χ1n) is 6.57. The fourth-order valence-corrected chi connectivity index (χ4v) is 1.97. The normalized spacial score (nSPS) is 19.4. The van der Waals surface area contributed by atoms with Crippen molar-refractivity contribution < 1.29 is 18.0 Å². The topological polar surface area (TPSA) is 65.8 Å². The van der Waals surface area contributed by atoms with E-state index in [1.165, 1.54) is 24.3 Å². The molecule has 1 amide bonds. The van der Waals surface area contributed by atoms with Gasteiger partial charge < -0.3 is 0 Å². The van der Waals surface area contributed by atoms with Crippen LogP contribution >= 0.6 is 0 Å². The van der Waals surface area contributed by atoms with Crippen LogP contribution in [0.15, 0.2) is 34.5 Å². The van der Waals surface area contributed by atoms with E-state index in [4.69, 9.17) is 0 Å². The van der Waals surface area contributed by atoms with Crippen LogP contribution in [0.3, 0.4) is 0 Å². The molecule has 112 valence electrons. The van der Waals surface area contributed by atoms with E-state index < -0.39 is 11.8 Å². The molecule has 0 radical (unpaired) electrons. The number of hydrogen-bond donors (Lipinski definition) is 2. The van der Waals surface area contributed by atoms with E-state index in [-0.39, 0.29) is 17.0 Å². The minimum Gasteiger partial charge on any atom is -0.287 e. The summed E-state index contributed by atoms with van der Waals surface area (Å²) in [6.07, 6.45) is -2.24. The van der Waals surface area contributed by atoms with Gasteiger partial charge in [0.1, 0.15) is 0 Å². The molecule has 1 aromatic rings. The SMILES string of the molecule is O=C(NNCC1CC1)c1ccc(C2(C(F)(F)F)N=N2)cc1. The van der Waals surface area contributed by atoms with Gasteiger partial charge in [0.2, 0.25) is 0 Å². The second kappa shape index (κ2) is 4.80. The zero-order chi connectivity index (χ0) is 15.1. The van der Waals surface area contributed by atoms with Crippen molar-refractivity contribution in [3.05, 3.63) is 35.4 Å². The Balaban J connectivity index is 1.62. The van der Waals surface area contributed by atoms with Crippen molar-refractivity contribution in [3.8, 4) is 0 Å². The molecule has 1 aromatic carbocycles. The highest BCUT2D eigenvalue weighted by Crippen LogP contribution is 2.52. The third-order valence-corrected chi connectivity index (χ3v) is 3.53. The number of hydrogen-bond acceptors (Lipinski definition) is 4. The molecule has 0 atom stereocenters. The number of carbonyl (C=O) groups excluding carboxylic acids is 1. The third-order valence-electron chi connectivity index (χ3n) is 3.53. The number of halogens is 3. The Morgan fingerprint density at radius 1 is 1.24 bits per heavy atom. The highest BCUT2D eigenvalue weighted by atomic mass is 19.4. The molecule has 1 fully saturated rings. The number of nitrogens with one attached hydrogen (secondary N) is 2. The van der Waals surface area contributed by atoms with E-state index in [1.807, 2.05) is 0 Å². The van der Waals surface area contributed by atoms with Gasteiger partial charge in [-0.1, -0.05) is 12.1 Å². The summed E-state index contributed by atoms with van der Waals surface area (Å²) < 4.78 is 38.4. The average Bonchev–Trinajstić information content (AvgIpc) is 3.31. The second-order valence-electron chi connectivity index (χ2n) is 5.23. The Labute approximate surface area is 118 Å². The van der Waals surface area contributed by atoms with Gasteiger partial charge in [-0.15, -0.1) is 10.2 Å². The Morgan fingerprint density at radius 3 is 2.33 bits per heavy atom. The molecule has 0 saturated heterocycles. The molecule has 8 heteroatoms. The Kier molecular flexibility index (Phi) is 3.20. The van der Waals surface area contributed by atoms with Crippen LogP contribution in [0.4, 0.5) is 13.2 Å². The fourth-order valence-electron chi connectivity index (χ4n) is 1.97. The Morgan fingerprint density at radius 2 is 1.86 bits per heavy atom. The van der Waals surface area contributed by atoms with Crippen molar-refractivity contribution in [1.82, 2.24) is 10.9 Å². The first-order valence-corrected chi connectivity index (χ1v) is 6.57. The molecule has 1 aliphatic carbocycles. The first-order chi connectivity index (χ1) is 9.92. The molecule has 1 saturated carbocycles. The monoisotopic (exact) mass is 298 g/mol. The predicted molar refractivity (Wildman–Crippen MR) is 67.2 cm³/mol. The molecule has 0 bridgehead atoms. The number of alkyl halides is 3. The zero-order valence-electron chi connectivity index (χ0n) is 10.9. The van der Waals surface area contributed by atoms with Crippen molar-refractivity contribution in [2.75, 3.05) is 6.54 Å². The van der Waals surface area contributed by atoms with Gasteiger partial charge >= 0.3 is 11.8 Å². The van der Waals surface area contributed by atoms with Gasteiger partial charge in [0.25, 0.3) is 5.91 Å². The molecule has 0 spiro atoms. The second-order valence-corrected chi connectivity index (χ2v) is 5.23. The minimum absolute atomic E-state index is 0.0857. The molecular weight excluding hydrogens is 285 g/mol. The number of rotatable bonds is 5. The lowest BCUT2D eigenvalue weighted by Crippen LogP contribution is -2.38. The van der Waals surface area contributed by atoms with E-state index in [9.17, 15) is 18.0 Å². The van der Waals surface area contributed by atoms with E-state index in [1.54, 1.807) is 0 Å². The maximum atomic E-state index is 12.8. The maximum Gasteiger partial charge on any atom is 0.442 e. The Hall–Kier alpha value is -1.96. The van der Waals surface area contributed by atoms with Crippen molar-refractivity contribution in [1.29, 1.82) is 0 Å². The molecule has 3 rings (SSSR count). The largest absolute Gasteiger partial charge is 0.442 e. The summed E-state index contributed by atoms with van der Waals surface area (Å²) in [5.74, 6) is 0.227. The van der Waals surface area contributed by atoms with Crippen LogP contribution in [0.25, 0.3) is 0 Å². The van der Waals surface area contributed by atoms with Crippen molar-refractivity contribution in [2.24, 2.45) is 16.1 Å². The van der Waals surface area contributed by atoms with E-state index in [0.717, 1.165) is 12.8 Å². The lowest BCUT2D eigenvalue weighted by Gasteiger charge is -2.15. The average molecular weight is 298 g/mol. The van der Waals surface area contributed by atoms with Crippen molar-refractivity contribution in [2.45, 2.75) is 24.7 Å². The number of carbonyl (C=O) groups is 1. The van der Waals surface area contributed by atoms with Gasteiger partial charge in [-0.25, -0.2) is 5.43 Å². The van der Waals surface area contributed by atoms with Crippen molar-refractivity contribution in [3.63, 3.8) is 0 Å². The maximum absolute atomic E-state index is 12.8. The van der Waals surface area contributed by atoms with Crippen LogP contribution < -0.4 is 10.9 Å². The highest BCUT2D eigenvalue weighted by Gasteiger charge is 2.65. The number of hydrazine groups is 1. The predicted octanol–water partition coefficient (Wildman–Crippen LogP) is 2.51. The van der Waals surface area contributed by atoms with Crippen LogP contribution in [0.5, 0.6) is 0 Å². The molecule has 1 heterocycles. The van der Waals surface area contributed by atoms with Crippen LogP contribution in [-0.4, -0.2) is 18.6 Å². The van der Waals surface area contributed by atoms with Crippen LogP contribution in [0, 0.1) is 5.92 Å². The minimum atomic E-state index is -4.55. The molecule has 2 aliphatic rings. The van der Waals surface area contributed by atoms with Crippen LogP contribution in [-0.2, 0) is 5.66 Å². The molecule has 1 aliphatic heterocycles. The van der Waals surface area contributed by atoms with Crippen LogP contribution in [0.1, 0.15) is 28.8 Å². The zero-order valence-corrected chi connectivity index (χ0v) is 10.9. The third kappa shape index (κ3) is 2.76. The summed E-state index contributed by atoms with van der Waals surface area (Å²) in [5.41, 5.74) is 3.08. The van der Waals surface area contributed by atoms with Crippen LogP contribution in [0.2, 0.25) is 0 Å². The number of nitrogens with zero attached hydrogens (tertiary/aromatic N) is 2. The van der Waals surface area contributed by atoms with Gasteiger partial charge in [-0.2, -0.15) is 13.2 Å². The quantitative estimate of drug-likeness (QED) is 0.820. The summed E-state index contributed by atoms with van der Waals surface area (Å²) in [4.78, 5) is 11.8. The van der Waals surface area contributed by atoms with Gasteiger partial charge in [-0.05, 0) is 30.9 Å².